The zero-order valence-corrected chi connectivity index (χ0v) is 9.64. The van der Waals surface area contributed by atoms with Gasteiger partial charge in [-0.1, -0.05) is 18.5 Å². The van der Waals surface area contributed by atoms with Crippen molar-refractivity contribution in [3.05, 3.63) is 39.2 Å². The average Bonchev–Trinajstić information content (AvgIpc) is 2.77. The molecule has 7 heteroatoms. The van der Waals surface area contributed by atoms with E-state index < -0.39 is 4.92 Å². The van der Waals surface area contributed by atoms with Crippen LogP contribution in [0.3, 0.4) is 0 Å². The smallest absolute Gasteiger partial charge is 0.270 e. The number of nitro benzene ring substituents is 1. The zero-order valence-electron chi connectivity index (χ0n) is 8.88. The lowest BCUT2D eigenvalue weighted by Crippen LogP contribution is -1.89. The molecule has 0 aliphatic heterocycles. The number of aryl methyl sites for hydroxylation is 1. The standard InChI is InChI=1S/C10H8ClN3O3/c1-2-9-12-13-10(17-9)7-5-6(14(15)16)3-4-8(7)11/h3-5H,2H2,1H3. The van der Waals surface area contributed by atoms with E-state index in [9.17, 15) is 10.1 Å². The zero-order chi connectivity index (χ0) is 12.4. The van der Waals surface area contributed by atoms with Gasteiger partial charge in [-0.05, 0) is 6.07 Å². The van der Waals surface area contributed by atoms with Crippen LogP contribution in [0.5, 0.6) is 0 Å². The Hall–Kier alpha value is -1.95. The molecule has 0 radical (unpaired) electrons. The van der Waals surface area contributed by atoms with Gasteiger partial charge in [0.1, 0.15) is 0 Å². The summed E-state index contributed by atoms with van der Waals surface area (Å²) >= 11 is 5.94. The maximum Gasteiger partial charge on any atom is 0.270 e. The second-order valence-corrected chi connectivity index (χ2v) is 3.68. The van der Waals surface area contributed by atoms with Gasteiger partial charge in [0.2, 0.25) is 11.8 Å². The highest BCUT2D eigenvalue weighted by Crippen LogP contribution is 2.30. The maximum atomic E-state index is 10.7. The normalized spacial score (nSPS) is 10.5. The summed E-state index contributed by atoms with van der Waals surface area (Å²) in [6.07, 6.45) is 0.597. The van der Waals surface area contributed by atoms with Crippen molar-refractivity contribution in [2.75, 3.05) is 0 Å². The van der Waals surface area contributed by atoms with Gasteiger partial charge in [-0.3, -0.25) is 10.1 Å². The molecule has 0 fully saturated rings. The van der Waals surface area contributed by atoms with E-state index in [1.165, 1.54) is 18.2 Å². The van der Waals surface area contributed by atoms with E-state index in [2.05, 4.69) is 10.2 Å². The molecular formula is C10H8ClN3O3. The van der Waals surface area contributed by atoms with Gasteiger partial charge in [-0.25, -0.2) is 0 Å². The maximum absolute atomic E-state index is 10.7. The number of aromatic nitrogens is 2. The van der Waals surface area contributed by atoms with E-state index in [-0.39, 0.29) is 11.6 Å². The number of hydrogen-bond donors (Lipinski definition) is 0. The van der Waals surface area contributed by atoms with E-state index in [0.717, 1.165) is 0 Å². The molecule has 0 spiro atoms. The first-order valence-corrected chi connectivity index (χ1v) is 5.26. The summed E-state index contributed by atoms with van der Waals surface area (Å²) < 4.78 is 5.31. The number of nitro groups is 1. The average molecular weight is 254 g/mol. The van der Waals surface area contributed by atoms with Crippen molar-refractivity contribution in [3.8, 4) is 11.5 Å². The highest BCUT2D eigenvalue weighted by atomic mass is 35.5. The van der Waals surface area contributed by atoms with Crippen LogP contribution < -0.4 is 0 Å². The van der Waals surface area contributed by atoms with Gasteiger partial charge in [0, 0.05) is 18.6 Å². The Morgan fingerprint density at radius 1 is 1.47 bits per heavy atom. The lowest BCUT2D eigenvalue weighted by Gasteiger charge is -1.98. The molecule has 0 saturated carbocycles. The van der Waals surface area contributed by atoms with Crippen LogP contribution >= 0.6 is 11.6 Å². The molecule has 0 unspecified atom stereocenters. The molecule has 0 bridgehead atoms. The molecule has 2 aromatic rings. The molecule has 0 atom stereocenters. The van der Waals surface area contributed by atoms with Crippen molar-refractivity contribution in [2.45, 2.75) is 13.3 Å². The molecule has 88 valence electrons. The van der Waals surface area contributed by atoms with Crippen molar-refractivity contribution < 1.29 is 9.34 Å². The highest BCUT2D eigenvalue weighted by molar-refractivity contribution is 6.33. The molecule has 1 aromatic carbocycles. The molecule has 1 heterocycles. The summed E-state index contributed by atoms with van der Waals surface area (Å²) in [5.41, 5.74) is 0.300. The fraction of sp³-hybridized carbons (Fsp3) is 0.200. The van der Waals surface area contributed by atoms with Crippen LogP contribution in [0.15, 0.2) is 22.6 Å². The Morgan fingerprint density at radius 3 is 2.82 bits per heavy atom. The minimum atomic E-state index is -0.503. The predicted octanol–water partition coefficient (Wildman–Crippen LogP) is 2.86. The van der Waals surface area contributed by atoms with E-state index in [0.29, 0.717) is 22.9 Å². The van der Waals surface area contributed by atoms with Crippen molar-refractivity contribution in [1.29, 1.82) is 0 Å². The Bertz CT molecular complexity index is 568. The lowest BCUT2D eigenvalue weighted by atomic mass is 10.2. The molecule has 0 aliphatic carbocycles. The van der Waals surface area contributed by atoms with E-state index in [1.54, 1.807) is 0 Å². The summed E-state index contributed by atoms with van der Waals surface area (Å²) in [7, 11) is 0. The number of hydrogen-bond acceptors (Lipinski definition) is 5. The van der Waals surface area contributed by atoms with Crippen LogP contribution in [0.4, 0.5) is 5.69 Å². The van der Waals surface area contributed by atoms with Crippen LogP contribution in [0.25, 0.3) is 11.5 Å². The second kappa shape index (κ2) is 4.50. The molecule has 2 rings (SSSR count). The van der Waals surface area contributed by atoms with Gasteiger partial charge in [0.25, 0.3) is 5.69 Å². The molecule has 0 amide bonds. The van der Waals surface area contributed by atoms with Crippen molar-refractivity contribution >= 4 is 17.3 Å². The second-order valence-electron chi connectivity index (χ2n) is 3.28. The molecular weight excluding hydrogens is 246 g/mol. The van der Waals surface area contributed by atoms with E-state index >= 15 is 0 Å². The molecule has 1 aromatic heterocycles. The van der Waals surface area contributed by atoms with Crippen LogP contribution in [-0.4, -0.2) is 15.1 Å². The van der Waals surface area contributed by atoms with E-state index in [4.69, 9.17) is 16.0 Å². The number of rotatable bonds is 3. The van der Waals surface area contributed by atoms with Crippen molar-refractivity contribution in [1.82, 2.24) is 10.2 Å². The summed E-state index contributed by atoms with van der Waals surface area (Å²) in [6, 6.07) is 4.07. The first kappa shape index (κ1) is 11.5. The van der Waals surface area contributed by atoms with Gasteiger partial charge in [0.15, 0.2) is 0 Å². The predicted molar refractivity (Wildman–Crippen MR) is 60.8 cm³/mol. The third kappa shape index (κ3) is 2.26. The molecule has 17 heavy (non-hydrogen) atoms. The van der Waals surface area contributed by atoms with Gasteiger partial charge < -0.3 is 4.42 Å². The summed E-state index contributed by atoms with van der Waals surface area (Å²) in [4.78, 5) is 10.1. The van der Waals surface area contributed by atoms with Crippen molar-refractivity contribution in [3.63, 3.8) is 0 Å². The fourth-order valence-corrected chi connectivity index (χ4v) is 1.49. The Labute approximate surface area is 101 Å². The topological polar surface area (TPSA) is 82.1 Å². The SMILES string of the molecule is CCc1nnc(-c2cc([N+](=O)[O-])ccc2Cl)o1. The summed E-state index contributed by atoms with van der Waals surface area (Å²) in [5.74, 6) is 0.651. The van der Waals surface area contributed by atoms with Crippen LogP contribution in [-0.2, 0) is 6.42 Å². The number of non-ortho nitro benzene ring substituents is 1. The van der Waals surface area contributed by atoms with Gasteiger partial charge in [-0.2, -0.15) is 0 Å². The van der Waals surface area contributed by atoms with Crippen molar-refractivity contribution in [2.24, 2.45) is 0 Å². The fourth-order valence-electron chi connectivity index (χ4n) is 1.30. The lowest BCUT2D eigenvalue weighted by molar-refractivity contribution is -0.384. The molecule has 0 aliphatic rings. The van der Waals surface area contributed by atoms with Gasteiger partial charge in [0.05, 0.1) is 15.5 Å². The largest absolute Gasteiger partial charge is 0.421 e. The van der Waals surface area contributed by atoms with Crippen LogP contribution in [0.2, 0.25) is 5.02 Å². The number of halogens is 1. The van der Waals surface area contributed by atoms with E-state index in [1.807, 2.05) is 6.92 Å². The summed E-state index contributed by atoms with van der Waals surface area (Å²) in [5, 5.41) is 18.6. The number of nitrogens with zero attached hydrogens (tertiary/aromatic N) is 3. The Morgan fingerprint density at radius 2 is 2.24 bits per heavy atom. The van der Waals surface area contributed by atoms with Gasteiger partial charge >= 0.3 is 0 Å². The quantitative estimate of drug-likeness (QED) is 0.620. The Balaban J connectivity index is 2.49. The minimum absolute atomic E-state index is 0.0688. The monoisotopic (exact) mass is 253 g/mol. The third-order valence-electron chi connectivity index (χ3n) is 2.16. The number of benzene rings is 1. The highest BCUT2D eigenvalue weighted by Gasteiger charge is 2.15. The molecule has 0 saturated heterocycles. The van der Waals surface area contributed by atoms with Gasteiger partial charge in [-0.15, -0.1) is 10.2 Å². The first-order chi connectivity index (χ1) is 8.11. The molecule has 6 nitrogen and oxygen atoms in total. The van der Waals surface area contributed by atoms with Crippen LogP contribution in [0.1, 0.15) is 12.8 Å². The third-order valence-corrected chi connectivity index (χ3v) is 2.49. The first-order valence-electron chi connectivity index (χ1n) is 4.88. The Kier molecular flexibility index (Phi) is 3.06. The minimum Gasteiger partial charge on any atom is -0.421 e. The summed E-state index contributed by atoms with van der Waals surface area (Å²) in [6.45, 7) is 1.87. The van der Waals surface area contributed by atoms with Crippen LogP contribution in [0, 0.1) is 10.1 Å². The molecule has 0 N–H and O–H groups in total.